The van der Waals surface area contributed by atoms with E-state index in [0.717, 1.165) is 6.42 Å². The summed E-state index contributed by atoms with van der Waals surface area (Å²) in [6, 6.07) is 2.23. The fourth-order valence-corrected chi connectivity index (χ4v) is 2.05. The summed E-state index contributed by atoms with van der Waals surface area (Å²) < 4.78 is 5.23. The third-order valence-corrected chi connectivity index (χ3v) is 2.81. The molecule has 4 heteroatoms. The maximum atomic E-state index is 11.5. The zero-order valence-electron chi connectivity index (χ0n) is 10.0. The first-order valence-corrected chi connectivity index (χ1v) is 6.44. The Morgan fingerprint density at radius 1 is 1.50 bits per heavy atom. The van der Waals surface area contributed by atoms with Crippen LogP contribution in [0.5, 0.6) is 0 Å². The minimum atomic E-state index is -0.0450. The fraction of sp³-hybridized carbons (Fsp3) is 0.583. The minimum absolute atomic E-state index is 0.0450. The van der Waals surface area contributed by atoms with E-state index in [0.29, 0.717) is 0 Å². The van der Waals surface area contributed by atoms with Crippen LogP contribution in [0, 0.1) is 0 Å². The Morgan fingerprint density at radius 3 is 2.81 bits per heavy atom. The highest BCUT2D eigenvalue weighted by atomic mass is 32.1. The normalized spacial score (nSPS) is 12.8. The van der Waals surface area contributed by atoms with Gasteiger partial charge < -0.3 is 10.1 Å². The van der Waals surface area contributed by atoms with Crippen LogP contribution in [0.4, 0.5) is 0 Å². The summed E-state index contributed by atoms with van der Waals surface area (Å²) >= 11 is 1.68. The van der Waals surface area contributed by atoms with Crippen LogP contribution in [0.1, 0.15) is 26.3 Å². The SMILES string of the molecule is CC(Cc1ccsc1)NC(=O)COC(C)C. The molecule has 0 aliphatic rings. The highest BCUT2D eigenvalue weighted by Crippen LogP contribution is 2.08. The number of nitrogens with one attached hydrogen (secondary N) is 1. The molecule has 1 rings (SSSR count). The summed E-state index contributed by atoms with van der Waals surface area (Å²) in [4.78, 5) is 11.5. The van der Waals surface area contributed by atoms with Gasteiger partial charge in [0.2, 0.25) is 5.91 Å². The number of ether oxygens (including phenoxy) is 1. The average Bonchev–Trinajstić information content (AvgIpc) is 2.67. The lowest BCUT2D eigenvalue weighted by Crippen LogP contribution is -2.37. The molecule has 90 valence electrons. The summed E-state index contributed by atoms with van der Waals surface area (Å²) in [5.74, 6) is -0.0450. The Kier molecular flexibility index (Phi) is 5.49. The summed E-state index contributed by atoms with van der Waals surface area (Å²) in [6.45, 7) is 5.99. The molecule has 1 unspecified atom stereocenters. The molecule has 0 radical (unpaired) electrons. The third-order valence-electron chi connectivity index (χ3n) is 2.08. The molecule has 1 aromatic rings. The van der Waals surface area contributed by atoms with Crippen molar-refractivity contribution in [3.05, 3.63) is 22.4 Å². The molecule has 0 bridgehead atoms. The van der Waals surface area contributed by atoms with Gasteiger partial charge in [-0.15, -0.1) is 0 Å². The standard InChI is InChI=1S/C12H19NO2S/c1-9(2)15-7-12(14)13-10(3)6-11-4-5-16-8-11/h4-5,8-10H,6-7H2,1-3H3,(H,13,14). The lowest BCUT2D eigenvalue weighted by atomic mass is 10.1. The second-order valence-electron chi connectivity index (χ2n) is 4.16. The van der Waals surface area contributed by atoms with Crippen LogP contribution >= 0.6 is 11.3 Å². The molecule has 0 saturated heterocycles. The van der Waals surface area contributed by atoms with Crippen LogP contribution in [0.15, 0.2) is 16.8 Å². The molecule has 1 amide bonds. The average molecular weight is 241 g/mol. The van der Waals surface area contributed by atoms with Crippen LogP contribution in [0.2, 0.25) is 0 Å². The first-order chi connectivity index (χ1) is 7.58. The number of hydrogen-bond donors (Lipinski definition) is 1. The predicted molar refractivity (Wildman–Crippen MR) is 66.7 cm³/mol. The Hall–Kier alpha value is -0.870. The van der Waals surface area contributed by atoms with E-state index in [1.165, 1.54) is 5.56 Å². The van der Waals surface area contributed by atoms with Gasteiger partial charge in [-0.25, -0.2) is 0 Å². The van der Waals surface area contributed by atoms with E-state index in [1.54, 1.807) is 11.3 Å². The molecule has 0 fully saturated rings. The molecule has 16 heavy (non-hydrogen) atoms. The molecule has 1 aromatic heterocycles. The van der Waals surface area contributed by atoms with Crippen molar-refractivity contribution in [2.24, 2.45) is 0 Å². The van der Waals surface area contributed by atoms with E-state index in [-0.39, 0.29) is 24.7 Å². The van der Waals surface area contributed by atoms with Gasteiger partial charge in [-0.1, -0.05) is 0 Å². The van der Waals surface area contributed by atoms with E-state index in [9.17, 15) is 4.79 Å². The van der Waals surface area contributed by atoms with Crippen molar-refractivity contribution >= 4 is 17.2 Å². The molecule has 1 atom stereocenters. The van der Waals surface area contributed by atoms with Gasteiger partial charge in [0, 0.05) is 6.04 Å². The molecule has 0 aliphatic heterocycles. The molecule has 0 aliphatic carbocycles. The maximum absolute atomic E-state index is 11.5. The lowest BCUT2D eigenvalue weighted by Gasteiger charge is -2.14. The quantitative estimate of drug-likeness (QED) is 0.829. The van der Waals surface area contributed by atoms with E-state index < -0.39 is 0 Å². The largest absolute Gasteiger partial charge is 0.369 e. The van der Waals surface area contributed by atoms with Gasteiger partial charge in [0.15, 0.2) is 0 Å². The Labute approximate surface area is 101 Å². The van der Waals surface area contributed by atoms with Gasteiger partial charge >= 0.3 is 0 Å². The number of thiophene rings is 1. The number of rotatable bonds is 6. The molecule has 1 heterocycles. The number of carbonyl (C=O) groups is 1. The van der Waals surface area contributed by atoms with Crippen molar-refractivity contribution in [3.63, 3.8) is 0 Å². The maximum Gasteiger partial charge on any atom is 0.246 e. The van der Waals surface area contributed by atoms with Crippen molar-refractivity contribution in [2.75, 3.05) is 6.61 Å². The van der Waals surface area contributed by atoms with Crippen molar-refractivity contribution in [3.8, 4) is 0 Å². The molecule has 0 aromatic carbocycles. The lowest BCUT2D eigenvalue weighted by molar-refractivity contribution is -0.127. The highest BCUT2D eigenvalue weighted by Gasteiger charge is 2.09. The van der Waals surface area contributed by atoms with E-state index in [2.05, 4.69) is 16.8 Å². The number of carbonyl (C=O) groups excluding carboxylic acids is 1. The minimum Gasteiger partial charge on any atom is -0.369 e. The highest BCUT2D eigenvalue weighted by molar-refractivity contribution is 7.07. The van der Waals surface area contributed by atoms with Gasteiger partial charge in [-0.3, -0.25) is 4.79 Å². The smallest absolute Gasteiger partial charge is 0.246 e. The van der Waals surface area contributed by atoms with Crippen LogP contribution in [-0.2, 0) is 16.0 Å². The zero-order valence-corrected chi connectivity index (χ0v) is 10.8. The van der Waals surface area contributed by atoms with Crippen LogP contribution in [0.25, 0.3) is 0 Å². The molecule has 0 spiro atoms. The van der Waals surface area contributed by atoms with Gasteiger partial charge in [-0.2, -0.15) is 11.3 Å². The first-order valence-electron chi connectivity index (χ1n) is 5.50. The van der Waals surface area contributed by atoms with Crippen molar-refractivity contribution in [1.82, 2.24) is 5.32 Å². The number of hydrogen-bond acceptors (Lipinski definition) is 3. The second kappa shape index (κ2) is 6.66. The van der Waals surface area contributed by atoms with Gasteiger partial charge in [0.05, 0.1) is 6.10 Å². The van der Waals surface area contributed by atoms with Crippen molar-refractivity contribution in [1.29, 1.82) is 0 Å². The predicted octanol–water partition coefficient (Wildman–Crippen LogP) is 2.22. The summed E-state index contributed by atoms with van der Waals surface area (Å²) in [5, 5.41) is 7.07. The first kappa shape index (κ1) is 13.2. The molecular formula is C12H19NO2S. The summed E-state index contributed by atoms with van der Waals surface area (Å²) in [7, 11) is 0. The Morgan fingerprint density at radius 2 is 2.25 bits per heavy atom. The Balaban J connectivity index is 2.23. The number of amides is 1. The van der Waals surface area contributed by atoms with Gasteiger partial charge in [0.25, 0.3) is 0 Å². The van der Waals surface area contributed by atoms with Crippen molar-refractivity contribution in [2.45, 2.75) is 39.3 Å². The fourth-order valence-electron chi connectivity index (χ4n) is 1.37. The van der Waals surface area contributed by atoms with Crippen LogP contribution in [0.3, 0.4) is 0 Å². The van der Waals surface area contributed by atoms with Crippen molar-refractivity contribution < 1.29 is 9.53 Å². The molecule has 0 saturated carbocycles. The van der Waals surface area contributed by atoms with E-state index in [4.69, 9.17) is 4.74 Å². The summed E-state index contributed by atoms with van der Waals surface area (Å²) in [5.41, 5.74) is 1.27. The monoisotopic (exact) mass is 241 g/mol. The van der Waals surface area contributed by atoms with Crippen LogP contribution < -0.4 is 5.32 Å². The Bertz CT molecular complexity index is 309. The second-order valence-corrected chi connectivity index (χ2v) is 4.94. The third kappa shape index (κ3) is 5.28. The topological polar surface area (TPSA) is 38.3 Å². The molecule has 1 N–H and O–H groups in total. The van der Waals surface area contributed by atoms with Gasteiger partial charge in [0.1, 0.15) is 6.61 Å². The molecule has 3 nitrogen and oxygen atoms in total. The van der Waals surface area contributed by atoms with E-state index in [1.807, 2.05) is 26.2 Å². The van der Waals surface area contributed by atoms with Gasteiger partial charge in [-0.05, 0) is 49.6 Å². The van der Waals surface area contributed by atoms with E-state index >= 15 is 0 Å². The molecular weight excluding hydrogens is 222 g/mol. The van der Waals surface area contributed by atoms with Crippen LogP contribution in [-0.4, -0.2) is 24.7 Å². The summed E-state index contributed by atoms with van der Waals surface area (Å²) in [6.07, 6.45) is 0.967. The zero-order chi connectivity index (χ0) is 12.0.